The highest BCUT2D eigenvalue weighted by Gasteiger charge is 2.25. The van der Waals surface area contributed by atoms with Crippen LogP contribution in [0, 0.1) is 0 Å². The minimum absolute atomic E-state index is 0.218. The summed E-state index contributed by atoms with van der Waals surface area (Å²) in [6, 6.07) is 4.97. The average Bonchev–Trinajstić information content (AvgIpc) is 2.33. The lowest BCUT2D eigenvalue weighted by Crippen LogP contribution is -2.42. The number of ether oxygens (including phenoxy) is 1. The first-order valence-electron chi connectivity index (χ1n) is 6.11. The van der Waals surface area contributed by atoms with Gasteiger partial charge in [0.25, 0.3) is 0 Å². The van der Waals surface area contributed by atoms with Crippen LogP contribution in [0.4, 0.5) is 5.69 Å². The molecule has 19 heavy (non-hydrogen) atoms. The summed E-state index contributed by atoms with van der Waals surface area (Å²) in [7, 11) is 1.56. The molecule has 1 aromatic carbocycles. The Morgan fingerprint density at radius 2 is 2.11 bits per heavy atom. The molecule has 0 amide bonds. The van der Waals surface area contributed by atoms with E-state index in [1.165, 1.54) is 0 Å². The van der Waals surface area contributed by atoms with Crippen molar-refractivity contribution in [3.8, 4) is 5.75 Å². The molecule has 0 aliphatic carbocycles. The molecular formula is C15H21NO3. The van der Waals surface area contributed by atoms with E-state index in [9.17, 15) is 9.90 Å². The Balaban J connectivity index is 3.41. The molecule has 0 aliphatic rings. The lowest BCUT2D eigenvalue weighted by Gasteiger charge is -2.38. The fourth-order valence-electron chi connectivity index (χ4n) is 1.91. The summed E-state index contributed by atoms with van der Waals surface area (Å²) in [6.07, 6.45) is 1.76. The molecule has 1 N–H and O–H groups in total. The van der Waals surface area contributed by atoms with Crippen LogP contribution < -0.4 is 9.64 Å². The SMILES string of the molecule is C=CCN(c1cc(OC)ccc1C(=O)O)C(C)(C)C. The van der Waals surface area contributed by atoms with Gasteiger partial charge in [-0.1, -0.05) is 6.08 Å². The summed E-state index contributed by atoms with van der Waals surface area (Å²) in [5, 5.41) is 9.32. The molecule has 0 fully saturated rings. The standard InChI is InChI=1S/C15H21NO3/c1-6-9-16(15(2,3)4)13-10-11(19-5)7-8-12(13)14(17)18/h6-8,10H,1,9H2,2-5H3,(H,17,18). The zero-order chi connectivity index (χ0) is 14.6. The number of aromatic carboxylic acids is 1. The normalized spacial score (nSPS) is 10.9. The number of carboxylic acids is 1. The molecule has 0 unspecified atom stereocenters. The summed E-state index contributed by atoms with van der Waals surface area (Å²) in [5.41, 5.74) is 0.682. The second-order valence-corrected chi connectivity index (χ2v) is 5.26. The molecular weight excluding hydrogens is 242 g/mol. The first-order valence-corrected chi connectivity index (χ1v) is 6.11. The Morgan fingerprint density at radius 1 is 1.47 bits per heavy atom. The van der Waals surface area contributed by atoms with Crippen LogP contribution in [0.15, 0.2) is 30.9 Å². The molecule has 0 saturated heterocycles. The van der Waals surface area contributed by atoms with Crippen molar-refractivity contribution in [2.45, 2.75) is 26.3 Å². The van der Waals surface area contributed by atoms with Gasteiger partial charge in [0.05, 0.1) is 18.4 Å². The van der Waals surface area contributed by atoms with Crippen molar-refractivity contribution >= 4 is 11.7 Å². The van der Waals surface area contributed by atoms with Crippen molar-refractivity contribution < 1.29 is 14.6 Å². The third-order valence-electron chi connectivity index (χ3n) is 2.85. The lowest BCUT2D eigenvalue weighted by atomic mass is 10.0. The van der Waals surface area contributed by atoms with Crippen LogP contribution >= 0.6 is 0 Å². The molecule has 0 aliphatic heterocycles. The average molecular weight is 263 g/mol. The molecule has 0 heterocycles. The molecule has 0 atom stereocenters. The van der Waals surface area contributed by atoms with Gasteiger partial charge in [-0.3, -0.25) is 0 Å². The predicted octanol–water partition coefficient (Wildman–Crippen LogP) is 3.18. The smallest absolute Gasteiger partial charge is 0.337 e. The largest absolute Gasteiger partial charge is 0.497 e. The highest BCUT2D eigenvalue weighted by atomic mass is 16.5. The lowest BCUT2D eigenvalue weighted by molar-refractivity contribution is 0.0697. The highest BCUT2D eigenvalue weighted by Crippen LogP contribution is 2.31. The maximum atomic E-state index is 11.4. The molecule has 1 rings (SSSR count). The van der Waals surface area contributed by atoms with E-state index in [-0.39, 0.29) is 11.1 Å². The summed E-state index contributed by atoms with van der Waals surface area (Å²) in [5.74, 6) is -0.311. The van der Waals surface area contributed by atoms with Gasteiger partial charge in [0.2, 0.25) is 0 Å². The van der Waals surface area contributed by atoms with Crippen molar-refractivity contribution in [2.24, 2.45) is 0 Å². The number of anilines is 1. The van der Waals surface area contributed by atoms with Crippen LogP contribution in [0.3, 0.4) is 0 Å². The fourth-order valence-corrected chi connectivity index (χ4v) is 1.91. The van der Waals surface area contributed by atoms with Gasteiger partial charge in [-0.2, -0.15) is 0 Å². The molecule has 0 saturated carbocycles. The number of hydrogen-bond donors (Lipinski definition) is 1. The monoisotopic (exact) mass is 263 g/mol. The molecule has 0 aromatic heterocycles. The van der Waals surface area contributed by atoms with E-state index in [0.717, 1.165) is 0 Å². The van der Waals surface area contributed by atoms with Gasteiger partial charge in [-0.15, -0.1) is 6.58 Å². The first kappa shape index (κ1) is 15.1. The van der Waals surface area contributed by atoms with E-state index in [4.69, 9.17) is 4.74 Å². The van der Waals surface area contributed by atoms with Gasteiger partial charge in [0.1, 0.15) is 5.75 Å². The zero-order valence-electron chi connectivity index (χ0n) is 11.9. The predicted molar refractivity (Wildman–Crippen MR) is 77.2 cm³/mol. The molecule has 0 bridgehead atoms. The Kier molecular flexibility index (Phi) is 4.59. The number of benzene rings is 1. The van der Waals surface area contributed by atoms with E-state index in [1.807, 2.05) is 25.7 Å². The second-order valence-electron chi connectivity index (χ2n) is 5.26. The van der Waals surface area contributed by atoms with E-state index in [2.05, 4.69) is 6.58 Å². The Morgan fingerprint density at radius 3 is 2.53 bits per heavy atom. The first-order chi connectivity index (χ1) is 8.81. The van der Waals surface area contributed by atoms with Crippen molar-refractivity contribution in [2.75, 3.05) is 18.6 Å². The zero-order valence-corrected chi connectivity index (χ0v) is 11.9. The van der Waals surface area contributed by atoms with E-state index in [1.54, 1.807) is 31.4 Å². The van der Waals surface area contributed by atoms with Gasteiger partial charge in [-0.05, 0) is 32.9 Å². The Hall–Kier alpha value is -1.97. The van der Waals surface area contributed by atoms with Gasteiger partial charge in [-0.25, -0.2) is 4.79 Å². The topological polar surface area (TPSA) is 49.8 Å². The number of hydrogen-bond acceptors (Lipinski definition) is 3. The van der Waals surface area contributed by atoms with Crippen LogP contribution in [0.25, 0.3) is 0 Å². The number of nitrogens with zero attached hydrogens (tertiary/aromatic N) is 1. The van der Waals surface area contributed by atoms with Crippen LogP contribution in [0.1, 0.15) is 31.1 Å². The van der Waals surface area contributed by atoms with E-state index >= 15 is 0 Å². The van der Waals surface area contributed by atoms with Gasteiger partial charge >= 0.3 is 5.97 Å². The van der Waals surface area contributed by atoms with Crippen molar-refractivity contribution in [3.05, 3.63) is 36.4 Å². The fraction of sp³-hybridized carbons (Fsp3) is 0.400. The van der Waals surface area contributed by atoms with E-state index < -0.39 is 5.97 Å². The van der Waals surface area contributed by atoms with Crippen molar-refractivity contribution in [3.63, 3.8) is 0 Å². The minimum atomic E-state index is -0.948. The Bertz CT molecular complexity index is 475. The number of rotatable bonds is 5. The van der Waals surface area contributed by atoms with E-state index in [0.29, 0.717) is 18.0 Å². The van der Waals surface area contributed by atoms with Crippen LogP contribution in [0.5, 0.6) is 5.75 Å². The van der Waals surface area contributed by atoms with Gasteiger partial charge in [0, 0.05) is 18.2 Å². The maximum Gasteiger partial charge on any atom is 0.337 e. The Labute approximate surface area is 114 Å². The van der Waals surface area contributed by atoms with Gasteiger partial charge < -0.3 is 14.7 Å². The highest BCUT2D eigenvalue weighted by molar-refractivity contribution is 5.95. The molecule has 4 nitrogen and oxygen atoms in total. The number of carbonyl (C=O) groups is 1. The third kappa shape index (κ3) is 3.50. The molecule has 0 spiro atoms. The van der Waals surface area contributed by atoms with Crippen LogP contribution in [0.2, 0.25) is 0 Å². The quantitative estimate of drug-likeness (QED) is 0.829. The summed E-state index contributed by atoms with van der Waals surface area (Å²) >= 11 is 0. The van der Waals surface area contributed by atoms with Crippen LogP contribution in [-0.2, 0) is 0 Å². The molecule has 104 valence electrons. The molecule has 4 heteroatoms. The summed E-state index contributed by atoms with van der Waals surface area (Å²) in [4.78, 5) is 13.4. The second kappa shape index (κ2) is 5.78. The van der Waals surface area contributed by atoms with Crippen LogP contribution in [-0.4, -0.2) is 30.3 Å². The maximum absolute atomic E-state index is 11.4. The van der Waals surface area contributed by atoms with Crippen molar-refractivity contribution in [1.29, 1.82) is 0 Å². The minimum Gasteiger partial charge on any atom is -0.497 e. The third-order valence-corrected chi connectivity index (χ3v) is 2.85. The van der Waals surface area contributed by atoms with Crippen molar-refractivity contribution in [1.82, 2.24) is 0 Å². The summed E-state index contributed by atoms with van der Waals surface area (Å²) in [6.45, 7) is 10.4. The molecule has 0 radical (unpaired) electrons. The number of methoxy groups -OCH3 is 1. The number of carboxylic acid groups (broad SMARTS) is 1. The van der Waals surface area contributed by atoms with Gasteiger partial charge in [0.15, 0.2) is 0 Å². The molecule has 1 aromatic rings. The summed E-state index contributed by atoms with van der Waals surface area (Å²) < 4.78 is 5.19.